The molecule has 5 aromatic rings. The van der Waals surface area contributed by atoms with E-state index in [-0.39, 0.29) is 17.7 Å². The van der Waals surface area contributed by atoms with Crippen LogP contribution in [0.3, 0.4) is 0 Å². The van der Waals surface area contributed by atoms with E-state index in [1.807, 2.05) is 25.1 Å². The van der Waals surface area contributed by atoms with E-state index in [1.54, 1.807) is 118 Å². The van der Waals surface area contributed by atoms with Gasteiger partial charge < -0.3 is 19.3 Å². The first-order valence-electron chi connectivity index (χ1n) is 17.6. The summed E-state index contributed by atoms with van der Waals surface area (Å²) in [5.74, 6) is 0.556. The zero-order chi connectivity index (χ0) is 40.4. The van der Waals surface area contributed by atoms with Crippen LogP contribution in [0.15, 0.2) is 120 Å². The van der Waals surface area contributed by atoms with E-state index < -0.39 is 5.24 Å². The first-order chi connectivity index (χ1) is 26.9. The van der Waals surface area contributed by atoms with Crippen LogP contribution < -0.4 is 19.3 Å². The van der Waals surface area contributed by atoms with Gasteiger partial charge in [-0.2, -0.15) is 5.10 Å². The summed E-state index contributed by atoms with van der Waals surface area (Å²) in [5, 5.41) is 6.86. The molecule has 0 fully saturated rings. The van der Waals surface area contributed by atoms with Gasteiger partial charge in [-0.05, 0) is 141 Å². The Morgan fingerprint density at radius 3 is 1.84 bits per heavy atom. The lowest BCUT2D eigenvalue weighted by molar-refractivity contribution is 0.0751. The van der Waals surface area contributed by atoms with Crippen molar-refractivity contribution in [3.8, 4) is 11.5 Å². The molecule has 0 unspecified atom stereocenters. The van der Waals surface area contributed by atoms with E-state index in [0.29, 0.717) is 68.3 Å². The second kappa shape index (κ2) is 19.3. The number of hydrazone groups is 1. The van der Waals surface area contributed by atoms with Gasteiger partial charge in [-0.15, -0.1) is 0 Å². The molecule has 0 aliphatic carbocycles. The summed E-state index contributed by atoms with van der Waals surface area (Å²) in [7, 11) is 4.93. The summed E-state index contributed by atoms with van der Waals surface area (Å²) < 4.78 is 11.1. The monoisotopic (exact) mass is 812 g/mol. The maximum Gasteiger partial charge on any atom is 0.274 e. The van der Waals surface area contributed by atoms with Gasteiger partial charge in [-0.25, -0.2) is 5.01 Å². The summed E-state index contributed by atoms with van der Waals surface area (Å²) in [4.78, 5) is 53.3. The summed E-state index contributed by atoms with van der Waals surface area (Å²) in [6.07, 6.45) is 1.48. The average molecular weight is 814 g/mol. The quantitative estimate of drug-likeness (QED) is 0.130. The van der Waals surface area contributed by atoms with Crippen LogP contribution in [0, 0.1) is 0 Å². The normalized spacial score (nSPS) is 12.1. The largest absolute Gasteiger partial charge is 0.493 e. The van der Waals surface area contributed by atoms with Crippen LogP contribution in [0.4, 0.5) is 11.4 Å². The third kappa shape index (κ3) is 10.3. The Morgan fingerprint density at radius 1 is 0.696 bits per heavy atom. The number of ether oxygens (including phenoxy) is 2. The molecule has 5 aromatic carbocycles. The van der Waals surface area contributed by atoms with Gasteiger partial charge in [0.15, 0.2) is 11.5 Å². The number of rotatable bonds is 10. The average Bonchev–Trinajstić information content (AvgIpc) is 3.23. The highest BCUT2D eigenvalue weighted by atomic mass is 35.5. The Bertz CT molecular complexity index is 2230. The zero-order valence-corrected chi connectivity index (χ0v) is 33.4. The molecule has 0 aromatic heterocycles. The highest BCUT2D eigenvalue weighted by Crippen LogP contribution is 2.30. The van der Waals surface area contributed by atoms with Crippen molar-refractivity contribution in [2.75, 3.05) is 44.2 Å². The Labute approximate surface area is 340 Å². The van der Waals surface area contributed by atoms with Crippen molar-refractivity contribution in [3.63, 3.8) is 0 Å². The van der Waals surface area contributed by atoms with Gasteiger partial charge in [-0.3, -0.25) is 19.2 Å². The molecule has 0 atom stereocenters. The fraction of sp³-hybridized carbons (Fsp3) is 0.186. The zero-order valence-electron chi connectivity index (χ0n) is 31.2. The highest BCUT2D eigenvalue weighted by molar-refractivity contribution is 6.67. The van der Waals surface area contributed by atoms with Gasteiger partial charge in [0.05, 0.1) is 19.4 Å². The SMILES string of the molecule is CCOc1cc(C2=NN(C(=O)c3cccc(N(C)C(=O)c4ccc(N(C)C(=O)c5ccc(Cl)cc5)cc4)c3)CCC2)ccc1OC.O=C(Cl)c1ccc(Cl)cc1. The molecule has 56 heavy (non-hydrogen) atoms. The third-order valence-corrected chi connectivity index (χ3v) is 9.53. The predicted molar refractivity (Wildman–Crippen MR) is 222 cm³/mol. The van der Waals surface area contributed by atoms with Crippen molar-refractivity contribution in [2.24, 2.45) is 5.10 Å². The van der Waals surface area contributed by atoms with Crippen molar-refractivity contribution < 1.29 is 28.7 Å². The number of hydrogen-bond donors (Lipinski definition) is 0. The van der Waals surface area contributed by atoms with E-state index in [4.69, 9.17) is 44.3 Å². The number of benzene rings is 5. The minimum absolute atomic E-state index is 0.196. The highest BCUT2D eigenvalue weighted by Gasteiger charge is 2.23. The van der Waals surface area contributed by atoms with Crippen LogP contribution >= 0.6 is 34.8 Å². The Morgan fingerprint density at radius 2 is 1.27 bits per heavy atom. The maximum absolute atomic E-state index is 13.6. The summed E-state index contributed by atoms with van der Waals surface area (Å²) >= 11 is 16.7. The molecular weight excluding hydrogens is 775 g/mol. The van der Waals surface area contributed by atoms with Gasteiger partial charge in [0.25, 0.3) is 23.0 Å². The Balaban J connectivity index is 0.000000522. The second-order valence-electron chi connectivity index (χ2n) is 12.5. The van der Waals surface area contributed by atoms with E-state index >= 15 is 0 Å². The maximum atomic E-state index is 13.6. The molecule has 6 rings (SSSR count). The van der Waals surface area contributed by atoms with E-state index in [1.165, 1.54) is 14.8 Å². The topological polar surface area (TPSA) is 109 Å². The van der Waals surface area contributed by atoms with Crippen molar-refractivity contribution in [3.05, 3.63) is 153 Å². The Kier molecular flexibility index (Phi) is 14.3. The molecule has 3 amide bonds. The standard InChI is InChI=1S/C36H35ClN4O5.C7H4Cl2O/c1-5-46-33-23-26(15-20-32(33)45-4)31-10-7-21-41(38-31)36(44)27-8-6-9-30(22-27)40(3)35(43)25-13-18-29(19-14-25)39(2)34(42)24-11-16-28(37)17-12-24;8-6-3-1-5(2-4-6)7(9)10/h6,8-9,11-20,22-23H,5,7,10,21H2,1-4H3;1-4H. The van der Waals surface area contributed by atoms with Crippen LogP contribution in [0.1, 0.15) is 66.8 Å². The van der Waals surface area contributed by atoms with Crippen LogP contribution in [-0.2, 0) is 0 Å². The number of nitrogens with zero attached hydrogens (tertiary/aromatic N) is 4. The van der Waals surface area contributed by atoms with Crippen molar-refractivity contribution in [1.29, 1.82) is 0 Å². The van der Waals surface area contributed by atoms with Gasteiger partial charge in [0.2, 0.25) is 0 Å². The molecule has 10 nitrogen and oxygen atoms in total. The van der Waals surface area contributed by atoms with Crippen LogP contribution in [0.2, 0.25) is 10.0 Å². The predicted octanol–water partition coefficient (Wildman–Crippen LogP) is 9.66. The van der Waals surface area contributed by atoms with Crippen LogP contribution in [0.5, 0.6) is 11.5 Å². The molecule has 0 radical (unpaired) electrons. The summed E-state index contributed by atoms with van der Waals surface area (Å²) in [6, 6.07) is 32.5. The molecule has 288 valence electrons. The number of amides is 3. The molecule has 1 heterocycles. The van der Waals surface area contributed by atoms with Gasteiger partial charge in [0, 0.05) is 69.9 Å². The number of carbonyl (C=O) groups is 4. The summed E-state index contributed by atoms with van der Waals surface area (Å²) in [5.41, 5.74) is 4.68. The number of hydrogen-bond acceptors (Lipinski definition) is 7. The van der Waals surface area contributed by atoms with Crippen LogP contribution in [-0.4, -0.2) is 68.0 Å². The number of anilines is 2. The first-order valence-corrected chi connectivity index (χ1v) is 18.7. The van der Waals surface area contributed by atoms with Crippen LogP contribution in [0.25, 0.3) is 0 Å². The molecular formula is C43H39Cl3N4O6. The lowest BCUT2D eigenvalue weighted by Crippen LogP contribution is -2.32. The van der Waals surface area contributed by atoms with Gasteiger partial charge in [-0.1, -0.05) is 29.3 Å². The molecule has 0 saturated carbocycles. The summed E-state index contributed by atoms with van der Waals surface area (Å²) in [6.45, 7) is 2.89. The number of carbonyl (C=O) groups excluding carboxylic acids is 4. The van der Waals surface area contributed by atoms with Gasteiger partial charge in [0.1, 0.15) is 0 Å². The lowest BCUT2D eigenvalue weighted by atomic mass is 10.0. The molecule has 0 spiro atoms. The number of halogens is 3. The van der Waals surface area contributed by atoms with E-state index in [9.17, 15) is 19.2 Å². The third-order valence-electron chi connectivity index (χ3n) is 8.81. The molecule has 0 bridgehead atoms. The fourth-order valence-electron chi connectivity index (χ4n) is 5.73. The van der Waals surface area contributed by atoms with Gasteiger partial charge >= 0.3 is 0 Å². The first kappa shape index (κ1) is 41.5. The van der Waals surface area contributed by atoms with Crippen molar-refractivity contribution in [2.45, 2.75) is 19.8 Å². The Hall–Kier alpha value is -5.68. The minimum atomic E-state index is -0.461. The fourth-order valence-corrected chi connectivity index (χ4v) is 6.11. The van der Waals surface area contributed by atoms with Crippen molar-refractivity contribution in [1.82, 2.24) is 5.01 Å². The molecule has 1 aliphatic rings. The smallest absolute Gasteiger partial charge is 0.274 e. The molecule has 1 aliphatic heterocycles. The molecule has 0 saturated heterocycles. The number of methoxy groups -OCH3 is 1. The van der Waals surface area contributed by atoms with Crippen molar-refractivity contribution >= 4 is 74.9 Å². The second-order valence-corrected chi connectivity index (χ2v) is 13.7. The minimum Gasteiger partial charge on any atom is -0.493 e. The molecule has 0 N–H and O–H groups in total. The van der Waals surface area contributed by atoms with E-state index in [2.05, 4.69) is 5.10 Å². The lowest BCUT2D eigenvalue weighted by Gasteiger charge is -2.25. The molecule has 13 heteroatoms. The van der Waals surface area contributed by atoms with E-state index in [0.717, 1.165) is 24.1 Å².